The van der Waals surface area contributed by atoms with Crippen LogP contribution in [0.25, 0.3) is 0 Å². The minimum absolute atomic E-state index is 0. The van der Waals surface area contributed by atoms with Crippen LogP contribution < -0.4 is 0 Å². The minimum atomic E-state index is 0. The number of benzene rings is 1. The molecule has 0 aliphatic heterocycles. The van der Waals surface area contributed by atoms with Gasteiger partial charge in [-0.15, -0.1) is 0 Å². The molecule has 3 aliphatic carbocycles. The Kier molecular flexibility index (Phi) is 6.02. The summed E-state index contributed by atoms with van der Waals surface area (Å²) in [7, 11) is 0. The van der Waals surface area contributed by atoms with Gasteiger partial charge in [-0.25, -0.2) is 0 Å². The van der Waals surface area contributed by atoms with Gasteiger partial charge in [-0.3, -0.25) is 0 Å². The molecule has 4 atom stereocenters. The first kappa shape index (κ1) is 20.0. The van der Waals surface area contributed by atoms with Crippen molar-refractivity contribution < 1.29 is 0 Å². The molecule has 0 heterocycles. The lowest BCUT2D eigenvalue weighted by Crippen LogP contribution is -2.41. The SMILES string of the molecule is C.C=C(C)C1=CCC2C3CCc4cc(C)ccc4C3CCC12C.CC. The van der Waals surface area contributed by atoms with E-state index in [0.29, 0.717) is 5.41 Å². The second-order valence-corrected chi connectivity index (χ2v) is 8.21. The molecule has 4 unspecified atom stereocenters. The van der Waals surface area contributed by atoms with Crippen molar-refractivity contribution in [2.45, 2.75) is 80.1 Å². The Morgan fingerprint density at radius 2 is 1.92 bits per heavy atom. The van der Waals surface area contributed by atoms with Gasteiger partial charge < -0.3 is 0 Å². The monoisotopic (exact) mass is 338 g/mol. The first-order chi connectivity index (χ1) is 11.5. The summed E-state index contributed by atoms with van der Waals surface area (Å²) in [4.78, 5) is 0. The summed E-state index contributed by atoms with van der Waals surface area (Å²) in [6.45, 7) is 15.2. The maximum Gasteiger partial charge on any atom is -0.00417 e. The molecular formula is C25H38. The van der Waals surface area contributed by atoms with Gasteiger partial charge >= 0.3 is 0 Å². The number of hydrogen-bond donors (Lipinski definition) is 0. The van der Waals surface area contributed by atoms with Crippen LogP contribution in [-0.2, 0) is 6.42 Å². The predicted octanol–water partition coefficient (Wildman–Crippen LogP) is 7.63. The molecule has 4 rings (SSSR count). The van der Waals surface area contributed by atoms with Crippen molar-refractivity contribution in [3.05, 3.63) is 58.7 Å². The van der Waals surface area contributed by atoms with E-state index in [0.717, 1.165) is 17.8 Å². The van der Waals surface area contributed by atoms with Gasteiger partial charge in [0.15, 0.2) is 0 Å². The molecule has 1 aromatic carbocycles. The van der Waals surface area contributed by atoms with Gasteiger partial charge in [-0.05, 0) is 85.8 Å². The van der Waals surface area contributed by atoms with E-state index in [4.69, 9.17) is 0 Å². The standard InChI is InChI=1S/C22H28.C2H6.CH4/c1-14(2)20-9-10-21-19-8-6-16-13-15(3)5-7-17(16)18(19)11-12-22(20,21)4;1-2;/h5,7,9,13,18-19,21H,1,6,8,10-12H2,2-4H3;1-2H3;1H4. The highest BCUT2D eigenvalue weighted by atomic mass is 14.6. The largest absolute Gasteiger partial charge is 0.0958 e. The highest BCUT2D eigenvalue weighted by Gasteiger charge is 2.51. The first-order valence-electron chi connectivity index (χ1n) is 9.96. The first-order valence-corrected chi connectivity index (χ1v) is 9.96. The van der Waals surface area contributed by atoms with Gasteiger partial charge in [0.2, 0.25) is 0 Å². The molecule has 0 spiro atoms. The minimum Gasteiger partial charge on any atom is -0.0958 e. The summed E-state index contributed by atoms with van der Waals surface area (Å²) >= 11 is 0. The van der Waals surface area contributed by atoms with Crippen LogP contribution in [0.4, 0.5) is 0 Å². The van der Waals surface area contributed by atoms with Gasteiger partial charge in [0.1, 0.15) is 0 Å². The Morgan fingerprint density at radius 1 is 1.20 bits per heavy atom. The molecule has 0 saturated heterocycles. The van der Waals surface area contributed by atoms with Crippen LogP contribution in [0.15, 0.2) is 42.0 Å². The fraction of sp³-hybridized carbons (Fsp3) is 0.600. The van der Waals surface area contributed by atoms with Crippen molar-refractivity contribution in [3.63, 3.8) is 0 Å². The molecule has 25 heavy (non-hydrogen) atoms. The van der Waals surface area contributed by atoms with Crippen LogP contribution in [0, 0.1) is 24.2 Å². The van der Waals surface area contributed by atoms with Crippen LogP contribution in [0.5, 0.6) is 0 Å². The van der Waals surface area contributed by atoms with E-state index in [1.165, 1.54) is 43.2 Å². The van der Waals surface area contributed by atoms with Crippen molar-refractivity contribution in [1.29, 1.82) is 0 Å². The Bertz CT molecular complexity index is 663. The number of aryl methyl sites for hydroxylation is 2. The average Bonchev–Trinajstić information content (AvgIpc) is 2.93. The molecule has 0 heteroatoms. The molecule has 0 aromatic heterocycles. The lowest BCUT2D eigenvalue weighted by molar-refractivity contribution is 0.0767. The van der Waals surface area contributed by atoms with E-state index in [2.05, 4.69) is 51.6 Å². The number of rotatable bonds is 1. The quantitative estimate of drug-likeness (QED) is 0.494. The third-order valence-electron chi connectivity index (χ3n) is 6.92. The van der Waals surface area contributed by atoms with Crippen molar-refractivity contribution in [2.75, 3.05) is 0 Å². The molecule has 1 saturated carbocycles. The topological polar surface area (TPSA) is 0 Å². The Morgan fingerprint density at radius 3 is 2.60 bits per heavy atom. The summed E-state index contributed by atoms with van der Waals surface area (Å²) in [5, 5.41) is 0. The maximum absolute atomic E-state index is 4.25. The molecule has 3 aliphatic rings. The van der Waals surface area contributed by atoms with Crippen LogP contribution in [0.1, 0.15) is 83.4 Å². The second kappa shape index (κ2) is 7.52. The van der Waals surface area contributed by atoms with Crippen LogP contribution in [0.2, 0.25) is 0 Å². The molecule has 138 valence electrons. The molecule has 0 amide bonds. The highest BCUT2D eigenvalue weighted by Crippen LogP contribution is 2.61. The van der Waals surface area contributed by atoms with E-state index >= 15 is 0 Å². The number of fused-ring (bicyclic) bond motifs is 5. The van der Waals surface area contributed by atoms with E-state index in [-0.39, 0.29) is 7.43 Å². The molecule has 0 bridgehead atoms. The van der Waals surface area contributed by atoms with Gasteiger partial charge in [-0.1, -0.05) is 70.2 Å². The predicted molar refractivity (Wildman–Crippen MR) is 112 cm³/mol. The number of allylic oxidation sites excluding steroid dienone is 3. The van der Waals surface area contributed by atoms with Crippen LogP contribution in [0.3, 0.4) is 0 Å². The lowest BCUT2D eigenvalue weighted by atomic mass is 9.54. The molecule has 0 radical (unpaired) electrons. The average molecular weight is 339 g/mol. The van der Waals surface area contributed by atoms with Crippen LogP contribution >= 0.6 is 0 Å². The van der Waals surface area contributed by atoms with Gasteiger partial charge in [0.05, 0.1) is 0 Å². The van der Waals surface area contributed by atoms with E-state index in [1.54, 1.807) is 16.7 Å². The molecule has 0 N–H and O–H groups in total. The zero-order chi connectivity index (χ0) is 17.5. The van der Waals surface area contributed by atoms with Crippen LogP contribution in [-0.4, -0.2) is 0 Å². The fourth-order valence-corrected chi connectivity index (χ4v) is 5.94. The molecule has 1 aromatic rings. The van der Waals surface area contributed by atoms with Crippen molar-refractivity contribution in [3.8, 4) is 0 Å². The van der Waals surface area contributed by atoms with Gasteiger partial charge in [0, 0.05) is 0 Å². The summed E-state index contributed by atoms with van der Waals surface area (Å²) in [6, 6.07) is 7.19. The van der Waals surface area contributed by atoms with E-state index < -0.39 is 0 Å². The second-order valence-electron chi connectivity index (χ2n) is 8.21. The molecular weight excluding hydrogens is 300 g/mol. The zero-order valence-corrected chi connectivity index (χ0v) is 16.3. The normalized spacial score (nSPS) is 32.0. The van der Waals surface area contributed by atoms with Gasteiger partial charge in [-0.2, -0.15) is 0 Å². The maximum atomic E-state index is 4.25. The lowest BCUT2D eigenvalue weighted by Gasteiger charge is -2.50. The third kappa shape index (κ3) is 3.14. The summed E-state index contributed by atoms with van der Waals surface area (Å²) in [5.74, 6) is 2.52. The smallest absolute Gasteiger partial charge is 0.00417 e. The summed E-state index contributed by atoms with van der Waals surface area (Å²) < 4.78 is 0. The van der Waals surface area contributed by atoms with Crippen molar-refractivity contribution in [1.82, 2.24) is 0 Å². The van der Waals surface area contributed by atoms with Crippen molar-refractivity contribution in [2.24, 2.45) is 17.3 Å². The van der Waals surface area contributed by atoms with E-state index in [9.17, 15) is 0 Å². The Balaban J connectivity index is 0.000000726. The third-order valence-corrected chi connectivity index (χ3v) is 6.92. The summed E-state index contributed by atoms with van der Waals surface area (Å²) in [5.41, 5.74) is 8.00. The van der Waals surface area contributed by atoms with E-state index in [1.807, 2.05) is 13.8 Å². The number of hydrogen-bond acceptors (Lipinski definition) is 0. The Labute approximate surface area is 156 Å². The fourth-order valence-electron chi connectivity index (χ4n) is 5.94. The van der Waals surface area contributed by atoms with Crippen molar-refractivity contribution >= 4 is 0 Å². The summed E-state index contributed by atoms with van der Waals surface area (Å²) in [6.07, 6.45) is 9.16. The molecule has 1 fully saturated rings. The molecule has 0 nitrogen and oxygen atoms in total. The highest BCUT2D eigenvalue weighted by molar-refractivity contribution is 5.42. The zero-order valence-electron chi connectivity index (χ0n) is 16.3. The van der Waals surface area contributed by atoms with Gasteiger partial charge in [0.25, 0.3) is 0 Å². The Hall–Kier alpha value is -1.30.